The number of H-pyrrole nitrogens is 1. The van der Waals surface area contributed by atoms with Crippen LogP contribution < -0.4 is 5.56 Å². The summed E-state index contributed by atoms with van der Waals surface area (Å²) in [5.74, 6) is 0.185. The molecular weight excluding hydrogens is 394 g/mol. The first-order chi connectivity index (χ1) is 15.1. The molecule has 0 aliphatic carbocycles. The Balaban J connectivity index is 1.59. The predicted molar refractivity (Wildman–Crippen MR) is 118 cm³/mol. The number of aromatic nitrogens is 2. The van der Waals surface area contributed by atoms with Crippen LogP contribution in [0.25, 0.3) is 10.9 Å². The number of hydrogen-bond acceptors (Lipinski definition) is 4. The molecule has 0 saturated carbocycles. The fourth-order valence-electron chi connectivity index (χ4n) is 3.80. The Kier molecular flexibility index (Phi) is 6.04. The van der Waals surface area contributed by atoms with Gasteiger partial charge in [-0.2, -0.15) is 0 Å². The summed E-state index contributed by atoms with van der Waals surface area (Å²) in [7, 11) is 0. The van der Waals surface area contributed by atoms with E-state index in [-0.39, 0.29) is 30.8 Å². The van der Waals surface area contributed by atoms with E-state index < -0.39 is 5.91 Å². The van der Waals surface area contributed by atoms with Crippen molar-refractivity contribution in [1.82, 2.24) is 14.5 Å². The number of carbonyl (C=O) groups excluding carboxylic acids is 1. The van der Waals surface area contributed by atoms with E-state index in [4.69, 9.17) is 4.42 Å². The average Bonchev–Trinajstić information content (AvgIpc) is 3.43. The van der Waals surface area contributed by atoms with Crippen molar-refractivity contribution in [1.29, 1.82) is 0 Å². The van der Waals surface area contributed by atoms with Crippen molar-refractivity contribution in [2.75, 3.05) is 13.2 Å². The van der Waals surface area contributed by atoms with Gasteiger partial charge in [0.05, 0.1) is 19.4 Å². The van der Waals surface area contributed by atoms with Crippen LogP contribution in [0.3, 0.4) is 0 Å². The van der Waals surface area contributed by atoms with Crippen LogP contribution >= 0.6 is 0 Å². The summed E-state index contributed by atoms with van der Waals surface area (Å²) in [4.78, 5) is 31.1. The van der Waals surface area contributed by atoms with E-state index in [0.29, 0.717) is 24.3 Å². The molecule has 4 aromatic rings. The van der Waals surface area contributed by atoms with Gasteiger partial charge in [0.1, 0.15) is 11.3 Å². The molecule has 160 valence electrons. The van der Waals surface area contributed by atoms with Crippen LogP contribution in [0.1, 0.15) is 27.2 Å². The van der Waals surface area contributed by atoms with Crippen molar-refractivity contribution in [2.45, 2.75) is 26.4 Å². The van der Waals surface area contributed by atoms with Gasteiger partial charge in [-0.1, -0.05) is 18.2 Å². The number of hydrogen-bond donors (Lipinski definition) is 2. The van der Waals surface area contributed by atoms with Gasteiger partial charge in [-0.05, 0) is 48.7 Å². The van der Waals surface area contributed by atoms with Gasteiger partial charge in [0.2, 0.25) is 0 Å². The van der Waals surface area contributed by atoms with E-state index in [2.05, 4.69) is 11.1 Å². The fraction of sp³-hybridized carbons (Fsp3) is 0.250. The highest BCUT2D eigenvalue weighted by molar-refractivity contribution is 5.95. The number of nitrogens with one attached hydrogen (secondary N) is 1. The molecule has 3 aromatic heterocycles. The van der Waals surface area contributed by atoms with Crippen molar-refractivity contribution in [2.24, 2.45) is 0 Å². The molecule has 0 radical (unpaired) electrons. The Morgan fingerprint density at radius 1 is 1.19 bits per heavy atom. The molecule has 0 aliphatic heterocycles. The van der Waals surface area contributed by atoms with Gasteiger partial charge < -0.3 is 24.0 Å². The highest BCUT2D eigenvalue weighted by atomic mass is 16.3. The van der Waals surface area contributed by atoms with Crippen LogP contribution in [0.4, 0.5) is 0 Å². The number of rotatable bonds is 8. The van der Waals surface area contributed by atoms with E-state index in [1.54, 1.807) is 35.9 Å². The largest absolute Gasteiger partial charge is 0.467 e. The van der Waals surface area contributed by atoms with E-state index in [1.165, 1.54) is 11.2 Å². The molecule has 0 spiro atoms. The third kappa shape index (κ3) is 4.32. The molecule has 7 nitrogen and oxygen atoms in total. The van der Waals surface area contributed by atoms with E-state index in [1.807, 2.05) is 24.4 Å². The van der Waals surface area contributed by atoms with Crippen molar-refractivity contribution in [3.8, 4) is 0 Å². The Hall–Kier alpha value is -3.58. The number of aliphatic hydroxyl groups is 1. The number of aliphatic hydroxyl groups excluding tert-OH is 1. The maximum atomic E-state index is 13.2. The monoisotopic (exact) mass is 419 g/mol. The standard InChI is InChI=1S/C24H25N3O4/c1-17-8-10-26(11-9-18-15-25-21-7-3-2-6-20(18)21)23(29)22(17)24(30)27(12-13-28)16-19-5-4-14-31-19/h2-8,10,14-15,25,28H,9,11-13,16H2,1H3. The summed E-state index contributed by atoms with van der Waals surface area (Å²) in [5, 5.41) is 10.6. The van der Waals surface area contributed by atoms with Gasteiger partial charge >= 0.3 is 0 Å². The first-order valence-electron chi connectivity index (χ1n) is 10.3. The second-order valence-corrected chi connectivity index (χ2v) is 7.51. The van der Waals surface area contributed by atoms with Gasteiger partial charge in [0.25, 0.3) is 11.5 Å². The molecule has 2 N–H and O–H groups in total. The number of pyridine rings is 1. The minimum Gasteiger partial charge on any atom is -0.467 e. The van der Waals surface area contributed by atoms with E-state index >= 15 is 0 Å². The Morgan fingerprint density at radius 2 is 2.03 bits per heavy atom. The number of benzene rings is 1. The highest BCUT2D eigenvalue weighted by Gasteiger charge is 2.23. The Morgan fingerprint density at radius 3 is 2.81 bits per heavy atom. The number of aromatic amines is 1. The van der Waals surface area contributed by atoms with Gasteiger partial charge in [-0.25, -0.2) is 0 Å². The minimum atomic E-state index is -0.408. The van der Waals surface area contributed by atoms with Gasteiger partial charge in [0.15, 0.2) is 0 Å². The van der Waals surface area contributed by atoms with Crippen LogP contribution in [-0.2, 0) is 19.5 Å². The summed E-state index contributed by atoms with van der Waals surface area (Å²) in [6.45, 7) is 2.31. The maximum Gasteiger partial charge on any atom is 0.263 e. The van der Waals surface area contributed by atoms with Crippen molar-refractivity contribution in [3.63, 3.8) is 0 Å². The molecule has 0 bridgehead atoms. The lowest BCUT2D eigenvalue weighted by molar-refractivity contribution is 0.0691. The topological polar surface area (TPSA) is 91.5 Å². The second-order valence-electron chi connectivity index (χ2n) is 7.51. The zero-order valence-corrected chi connectivity index (χ0v) is 17.4. The molecule has 31 heavy (non-hydrogen) atoms. The van der Waals surface area contributed by atoms with Crippen LogP contribution in [0.5, 0.6) is 0 Å². The van der Waals surface area contributed by atoms with E-state index in [9.17, 15) is 14.7 Å². The first-order valence-corrected chi connectivity index (χ1v) is 10.3. The SMILES string of the molecule is Cc1ccn(CCc2c[nH]c3ccccc23)c(=O)c1C(=O)N(CCO)Cc1ccco1. The number of carbonyl (C=O) groups is 1. The quantitative estimate of drug-likeness (QED) is 0.459. The molecular formula is C24H25N3O4. The van der Waals surface area contributed by atoms with Crippen LogP contribution in [0, 0.1) is 6.92 Å². The fourth-order valence-corrected chi connectivity index (χ4v) is 3.80. The van der Waals surface area contributed by atoms with Crippen LogP contribution in [0.15, 0.2) is 70.3 Å². The smallest absolute Gasteiger partial charge is 0.263 e. The van der Waals surface area contributed by atoms with Crippen LogP contribution in [0.2, 0.25) is 0 Å². The number of aryl methyl sites for hydroxylation is 3. The van der Waals surface area contributed by atoms with E-state index in [0.717, 1.165) is 16.5 Å². The lowest BCUT2D eigenvalue weighted by atomic mass is 10.1. The molecule has 0 saturated heterocycles. The average molecular weight is 419 g/mol. The van der Waals surface area contributed by atoms with Gasteiger partial charge in [-0.15, -0.1) is 0 Å². The maximum absolute atomic E-state index is 13.2. The third-order valence-electron chi connectivity index (χ3n) is 5.47. The molecule has 4 rings (SSSR count). The van der Waals surface area contributed by atoms with Crippen molar-refractivity contribution < 1.29 is 14.3 Å². The highest BCUT2D eigenvalue weighted by Crippen LogP contribution is 2.18. The second kappa shape index (κ2) is 9.06. The first kappa shape index (κ1) is 20.7. The molecule has 0 aliphatic rings. The molecule has 0 unspecified atom stereocenters. The zero-order valence-electron chi connectivity index (χ0n) is 17.4. The number of furan rings is 1. The van der Waals surface area contributed by atoms with Gasteiger partial charge in [0, 0.05) is 36.4 Å². The Labute approximate surface area is 179 Å². The predicted octanol–water partition coefficient (Wildman–Crippen LogP) is 3.11. The summed E-state index contributed by atoms with van der Waals surface area (Å²) in [6.07, 6.45) is 5.88. The summed E-state index contributed by atoms with van der Waals surface area (Å²) in [5.41, 5.74) is 2.59. The summed E-state index contributed by atoms with van der Waals surface area (Å²) in [6, 6.07) is 13.3. The summed E-state index contributed by atoms with van der Waals surface area (Å²) >= 11 is 0. The van der Waals surface area contributed by atoms with Crippen LogP contribution in [-0.4, -0.2) is 38.6 Å². The minimum absolute atomic E-state index is 0.114. The number of para-hydroxylation sites is 1. The zero-order chi connectivity index (χ0) is 21.8. The lowest BCUT2D eigenvalue weighted by Crippen LogP contribution is -2.38. The number of amides is 1. The Bertz CT molecular complexity index is 1240. The van der Waals surface area contributed by atoms with Crippen molar-refractivity contribution in [3.05, 3.63) is 93.9 Å². The number of fused-ring (bicyclic) bond motifs is 1. The summed E-state index contributed by atoms with van der Waals surface area (Å²) < 4.78 is 6.91. The molecule has 7 heteroatoms. The molecule has 1 amide bonds. The van der Waals surface area contributed by atoms with Gasteiger partial charge in [-0.3, -0.25) is 9.59 Å². The number of nitrogens with zero attached hydrogens (tertiary/aromatic N) is 2. The molecule has 3 heterocycles. The third-order valence-corrected chi connectivity index (χ3v) is 5.47. The lowest BCUT2D eigenvalue weighted by Gasteiger charge is -2.21. The normalized spacial score (nSPS) is 11.2. The molecule has 0 atom stereocenters. The molecule has 0 fully saturated rings. The molecule has 1 aromatic carbocycles. The van der Waals surface area contributed by atoms with Crippen molar-refractivity contribution >= 4 is 16.8 Å².